The minimum absolute atomic E-state index is 0.213. The molecule has 0 saturated carbocycles. The van der Waals surface area contributed by atoms with Crippen molar-refractivity contribution in [1.82, 2.24) is 4.98 Å². The lowest BCUT2D eigenvalue weighted by atomic mass is 10.0. The molecule has 0 radical (unpaired) electrons. The standard InChI is InChI=1S/C26H29N3O/c1-6-16(2)23-15-30-26(29-23)22-14-13-20-11-8-12-21(25(20)28-22)19(5)27-24-17(3)9-7-10-18(24)4/h7-14,16,23H,6,15H2,1-5H3/t16?,23-/m1/s1. The molecule has 1 unspecified atom stereocenters. The van der Waals surface area contributed by atoms with E-state index in [-0.39, 0.29) is 6.04 Å². The molecule has 0 saturated heterocycles. The van der Waals surface area contributed by atoms with Crippen LogP contribution in [0.5, 0.6) is 0 Å². The summed E-state index contributed by atoms with van der Waals surface area (Å²) in [6.07, 6.45) is 1.09. The summed E-state index contributed by atoms with van der Waals surface area (Å²) >= 11 is 0. The molecular formula is C26H29N3O. The van der Waals surface area contributed by atoms with Gasteiger partial charge >= 0.3 is 0 Å². The SMILES string of the molecule is CCC(C)[C@H]1COC(c2ccc3cccc(C(C)=Nc4c(C)cccc4C)c3n2)=N1. The van der Waals surface area contributed by atoms with E-state index in [1.165, 1.54) is 11.1 Å². The molecule has 0 bridgehead atoms. The van der Waals surface area contributed by atoms with Crippen LogP contribution in [0, 0.1) is 19.8 Å². The molecular weight excluding hydrogens is 370 g/mol. The van der Waals surface area contributed by atoms with Crippen LogP contribution in [-0.4, -0.2) is 29.2 Å². The van der Waals surface area contributed by atoms with E-state index in [9.17, 15) is 0 Å². The maximum atomic E-state index is 5.91. The third kappa shape index (κ3) is 3.87. The topological polar surface area (TPSA) is 46.8 Å². The zero-order valence-corrected chi connectivity index (χ0v) is 18.4. The molecule has 0 N–H and O–H groups in total. The second-order valence-electron chi connectivity index (χ2n) is 8.21. The van der Waals surface area contributed by atoms with E-state index in [1.807, 2.05) is 6.07 Å². The van der Waals surface area contributed by atoms with Crippen LogP contribution >= 0.6 is 0 Å². The fourth-order valence-electron chi connectivity index (χ4n) is 3.86. The molecule has 3 aromatic rings. The van der Waals surface area contributed by atoms with E-state index in [1.54, 1.807) is 0 Å². The lowest BCUT2D eigenvalue weighted by Gasteiger charge is -2.11. The van der Waals surface area contributed by atoms with Gasteiger partial charge < -0.3 is 4.74 Å². The fraction of sp³-hybridized carbons (Fsp3) is 0.346. The zero-order chi connectivity index (χ0) is 21.3. The fourth-order valence-corrected chi connectivity index (χ4v) is 3.86. The van der Waals surface area contributed by atoms with Crippen LogP contribution < -0.4 is 0 Å². The van der Waals surface area contributed by atoms with Crippen molar-refractivity contribution in [2.75, 3.05) is 6.61 Å². The molecule has 2 atom stereocenters. The number of aliphatic imine (C=N–C) groups is 2. The van der Waals surface area contributed by atoms with Crippen LogP contribution in [0.25, 0.3) is 10.9 Å². The molecule has 0 amide bonds. The van der Waals surface area contributed by atoms with Crippen molar-refractivity contribution in [2.45, 2.75) is 47.1 Å². The van der Waals surface area contributed by atoms with Crippen molar-refractivity contribution in [3.8, 4) is 0 Å². The lowest BCUT2D eigenvalue weighted by molar-refractivity contribution is 0.282. The van der Waals surface area contributed by atoms with E-state index in [4.69, 9.17) is 19.7 Å². The van der Waals surface area contributed by atoms with Gasteiger partial charge in [0, 0.05) is 16.7 Å². The number of rotatable bonds is 5. The Morgan fingerprint density at radius 2 is 1.83 bits per heavy atom. The van der Waals surface area contributed by atoms with Gasteiger partial charge in [-0.2, -0.15) is 0 Å². The van der Waals surface area contributed by atoms with Gasteiger partial charge in [-0.1, -0.05) is 62.7 Å². The average Bonchev–Trinajstić information content (AvgIpc) is 3.25. The van der Waals surface area contributed by atoms with Gasteiger partial charge in [-0.05, 0) is 43.9 Å². The predicted molar refractivity (Wildman–Crippen MR) is 125 cm³/mol. The van der Waals surface area contributed by atoms with Crippen LogP contribution in [0.2, 0.25) is 0 Å². The van der Waals surface area contributed by atoms with Gasteiger partial charge in [0.2, 0.25) is 5.90 Å². The van der Waals surface area contributed by atoms with Gasteiger partial charge in [0.25, 0.3) is 0 Å². The van der Waals surface area contributed by atoms with Gasteiger partial charge in [-0.3, -0.25) is 4.99 Å². The van der Waals surface area contributed by atoms with Crippen molar-refractivity contribution in [3.63, 3.8) is 0 Å². The van der Waals surface area contributed by atoms with Gasteiger partial charge in [0.05, 0.1) is 17.2 Å². The third-order valence-corrected chi connectivity index (χ3v) is 6.02. The number of ether oxygens (including phenoxy) is 1. The predicted octanol–water partition coefficient (Wildman–Crippen LogP) is 6.18. The Morgan fingerprint density at radius 1 is 1.10 bits per heavy atom. The minimum atomic E-state index is 0.213. The maximum absolute atomic E-state index is 5.91. The van der Waals surface area contributed by atoms with E-state index < -0.39 is 0 Å². The second-order valence-corrected chi connectivity index (χ2v) is 8.21. The molecule has 1 aliphatic heterocycles. The molecule has 30 heavy (non-hydrogen) atoms. The maximum Gasteiger partial charge on any atom is 0.235 e. The van der Waals surface area contributed by atoms with E-state index in [0.717, 1.165) is 40.0 Å². The van der Waals surface area contributed by atoms with Gasteiger partial charge in [-0.15, -0.1) is 0 Å². The van der Waals surface area contributed by atoms with Crippen LogP contribution in [0.3, 0.4) is 0 Å². The summed E-state index contributed by atoms with van der Waals surface area (Å²) in [5.74, 6) is 1.16. The first kappa shape index (κ1) is 20.3. The molecule has 1 aliphatic rings. The summed E-state index contributed by atoms with van der Waals surface area (Å²) in [6.45, 7) is 11.3. The van der Waals surface area contributed by atoms with Crippen molar-refractivity contribution in [1.29, 1.82) is 0 Å². The van der Waals surface area contributed by atoms with Gasteiger partial charge in [-0.25, -0.2) is 9.98 Å². The van der Waals surface area contributed by atoms with Crippen molar-refractivity contribution >= 4 is 28.2 Å². The normalized spacial score (nSPS) is 17.7. The molecule has 2 aromatic carbocycles. The molecule has 4 nitrogen and oxygen atoms in total. The van der Waals surface area contributed by atoms with Crippen LogP contribution in [0.15, 0.2) is 58.5 Å². The summed E-state index contributed by atoms with van der Waals surface area (Å²) < 4.78 is 5.91. The Labute approximate surface area is 178 Å². The highest BCUT2D eigenvalue weighted by molar-refractivity contribution is 6.10. The number of nitrogens with zero attached hydrogens (tertiary/aromatic N) is 3. The molecule has 4 heteroatoms. The molecule has 4 rings (SSSR count). The number of hydrogen-bond donors (Lipinski definition) is 0. The van der Waals surface area contributed by atoms with Crippen LogP contribution in [0.4, 0.5) is 5.69 Å². The first-order valence-corrected chi connectivity index (χ1v) is 10.7. The Hall–Kier alpha value is -3.01. The molecule has 0 fully saturated rings. The molecule has 0 spiro atoms. The number of hydrogen-bond acceptors (Lipinski definition) is 4. The molecule has 2 heterocycles. The molecule has 0 aliphatic carbocycles. The highest BCUT2D eigenvalue weighted by atomic mass is 16.5. The van der Waals surface area contributed by atoms with Gasteiger partial charge in [0.15, 0.2) is 0 Å². The van der Waals surface area contributed by atoms with Gasteiger partial charge in [0.1, 0.15) is 12.3 Å². The van der Waals surface area contributed by atoms with E-state index >= 15 is 0 Å². The number of aryl methyl sites for hydroxylation is 2. The summed E-state index contributed by atoms with van der Waals surface area (Å²) in [5.41, 5.74) is 7.09. The van der Waals surface area contributed by atoms with E-state index in [2.05, 4.69) is 77.1 Å². The van der Waals surface area contributed by atoms with Crippen molar-refractivity contribution < 1.29 is 4.74 Å². The average molecular weight is 400 g/mol. The second kappa shape index (κ2) is 8.39. The third-order valence-electron chi connectivity index (χ3n) is 6.02. The first-order valence-electron chi connectivity index (χ1n) is 10.7. The summed E-state index contributed by atoms with van der Waals surface area (Å²) in [7, 11) is 0. The quantitative estimate of drug-likeness (QED) is 0.481. The summed E-state index contributed by atoms with van der Waals surface area (Å²) in [4.78, 5) is 14.7. The molecule has 1 aromatic heterocycles. The van der Waals surface area contributed by atoms with Crippen LogP contribution in [-0.2, 0) is 4.74 Å². The summed E-state index contributed by atoms with van der Waals surface area (Å²) in [6, 6.07) is 16.8. The number of benzene rings is 2. The van der Waals surface area contributed by atoms with E-state index in [0.29, 0.717) is 18.4 Å². The Morgan fingerprint density at radius 3 is 2.57 bits per heavy atom. The zero-order valence-electron chi connectivity index (χ0n) is 18.4. The molecule has 154 valence electrons. The first-order chi connectivity index (χ1) is 14.5. The lowest BCUT2D eigenvalue weighted by Crippen LogP contribution is -2.16. The largest absolute Gasteiger partial charge is 0.474 e. The number of aromatic nitrogens is 1. The Bertz CT molecular complexity index is 1130. The number of pyridine rings is 1. The van der Waals surface area contributed by atoms with Crippen molar-refractivity contribution in [2.24, 2.45) is 15.9 Å². The van der Waals surface area contributed by atoms with Crippen molar-refractivity contribution in [3.05, 3.63) is 70.9 Å². The monoisotopic (exact) mass is 399 g/mol. The van der Waals surface area contributed by atoms with Crippen LogP contribution in [0.1, 0.15) is 49.6 Å². The number of para-hydroxylation sites is 2. The Balaban J connectivity index is 1.77. The Kier molecular flexibility index (Phi) is 5.67. The number of fused-ring (bicyclic) bond motifs is 1. The summed E-state index contributed by atoms with van der Waals surface area (Å²) in [5, 5.41) is 1.09. The smallest absolute Gasteiger partial charge is 0.235 e. The highest BCUT2D eigenvalue weighted by Gasteiger charge is 2.25. The highest BCUT2D eigenvalue weighted by Crippen LogP contribution is 2.26. The minimum Gasteiger partial charge on any atom is -0.474 e.